The van der Waals surface area contributed by atoms with Crippen LogP contribution in [0.5, 0.6) is 0 Å². The largest absolute Gasteiger partial charge is 0.303 e. The van der Waals surface area contributed by atoms with E-state index in [1.807, 2.05) is 0 Å². The van der Waals surface area contributed by atoms with E-state index in [9.17, 15) is 0 Å². The van der Waals surface area contributed by atoms with Crippen LogP contribution in [0.2, 0.25) is 0 Å². The third kappa shape index (κ3) is 6.71. The van der Waals surface area contributed by atoms with Gasteiger partial charge in [-0.15, -0.1) is 0 Å². The normalized spacial score (nSPS) is 20.0. The lowest BCUT2D eigenvalue weighted by molar-refractivity contribution is 0.521. The second-order valence-electron chi connectivity index (χ2n) is 13.0. The summed E-state index contributed by atoms with van der Waals surface area (Å²) in [5, 5.41) is 3.81. The molecule has 3 aromatic rings. The molecule has 1 nitrogen and oxygen atoms in total. The van der Waals surface area contributed by atoms with E-state index in [1.165, 1.54) is 61.3 Å². The van der Waals surface area contributed by atoms with Crippen molar-refractivity contribution in [3.05, 3.63) is 185 Å². The van der Waals surface area contributed by atoms with Crippen molar-refractivity contribution in [1.82, 2.24) is 5.32 Å². The highest BCUT2D eigenvalue weighted by molar-refractivity contribution is 5.71. The molecule has 0 aliphatic heterocycles. The molecular weight excluding hydrogens is 555 g/mol. The van der Waals surface area contributed by atoms with Crippen LogP contribution in [-0.4, -0.2) is 7.05 Å². The Morgan fingerprint density at radius 2 is 1.54 bits per heavy atom. The van der Waals surface area contributed by atoms with Crippen molar-refractivity contribution in [3.63, 3.8) is 0 Å². The van der Waals surface area contributed by atoms with Gasteiger partial charge in [-0.1, -0.05) is 153 Å². The molecule has 0 saturated heterocycles. The fourth-order valence-electron chi connectivity index (χ4n) is 7.28. The summed E-state index contributed by atoms with van der Waals surface area (Å²) in [6.07, 6.45) is 27.1. The zero-order chi connectivity index (χ0) is 31.9. The minimum Gasteiger partial charge on any atom is -0.303 e. The molecule has 2 unspecified atom stereocenters. The topological polar surface area (TPSA) is 12.0 Å². The first-order valence-electron chi connectivity index (χ1n) is 16.9. The number of benzene rings is 3. The molecule has 0 saturated carbocycles. The fraction of sp³-hybridized carbons (Fsp3) is 0.244. The Bertz CT molecular complexity index is 1770. The van der Waals surface area contributed by atoms with E-state index >= 15 is 0 Å². The van der Waals surface area contributed by atoms with Crippen LogP contribution >= 0.6 is 0 Å². The van der Waals surface area contributed by atoms with Crippen LogP contribution in [0.4, 0.5) is 0 Å². The number of hydrogen-bond donors (Lipinski definition) is 1. The molecule has 0 spiro atoms. The summed E-state index contributed by atoms with van der Waals surface area (Å²) in [5.74, 6) is 0.518. The SMILES string of the molecule is C=C1C=CCC/C1=C(/C)CCC(C)/C=C1/C=CC(C(NC)(c2ccc(C3=CC=CC3)cc2)c2ccc(-c3ccccc3)cc2)=CC1. The van der Waals surface area contributed by atoms with E-state index in [4.69, 9.17) is 0 Å². The van der Waals surface area contributed by atoms with Gasteiger partial charge in [0.2, 0.25) is 0 Å². The minimum absolute atomic E-state index is 0.468. The Hall–Kier alpha value is -4.46. The van der Waals surface area contributed by atoms with Gasteiger partial charge in [0, 0.05) is 0 Å². The molecule has 1 heteroatoms. The first-order valence-corrected chi connectivity index (χ1v) is 16.9. The number of hydrogen-bond acceptors (Lipinski definition) is 1. The summed E-state index contributed by atoms with van der Waals surface area (Å²) in [6.45, 7) is 8.93. The Kier molecular flexibility index (Phi) is 9.81. The average molecular weight is 602 g/mol. The molecule has 0 fully saturated rings. The van der Waals surface area contributed by atoms with Crippen LogP contribution in [0.3, 0.4) is 0 Å². The standard InChI is InChI=1S/C45H47N/c1-33(18-19-35(3)44-17-11-8-12-34(44)2)32-36-20-26-41(27-21-36)45(46-4,43-30-24-40(25-31-43)38-15-9-10-16-38)42-28-22-39(23-29-42)37-13-6-5-7-14-37/h5-10,12-15,20,22-33,46H,2,11,16-19,21H2,1,3-4H3/b36-32-,44-35+. The van der Waals surface area contributed by atoms with Crippen LogP contribution in [-0.2, 0) is 5.54 Å². The molecule has 6 rings (SSSR count). The van der Waals surface area contributed by atoms with E-state index in [0.717, 1.165) is 38.5 Å². The Morgan fingerprint density at radius 3 is 2.15 bits per heavy atom. The number of likely N-dealkylation sites (N-methyl/N-ethyl adjacent to an activating group) is 1. The van der Waals surface area contributed by atoms with Gasteiger partial charge in [-0.25, -0.2) is 0 Å². The zero-order valence-electron chi connectivity index (χ0n) is 27.7. The monoisotopic (exact) mass is 601 g/mol. The first-order chi connectivity index (χ1) is 22.5. The van der Waals surface area contributed by atoms with E-state index < -0.39 is 5.54 Å². The molecule has 3 aliphatic rings. The van der Waals surface area contributed by atoms with Crippen LogP contribution < -0.4 is 5.32 Å². The van der Waals surface area contributed by atoms with Crippen LogP contribution in [0, 0.1) is 5.92 Å². The van der Waals surface area contributed by atoms with Crippen LogP contribution in [0.25, 0.3) is 16.7 Å². The van der Waals surface area contributed by atoms with E-state index in [1.54, 1.807) is 0 Å². The summed E-state index contributed by atoms with van der Waals surface area (Å²) in [4.78, 5) is 0. The van der Waals surface area contributed by atoms with Gasteiger partial charge in [0.05, 0.1) is 5.54 Å². The minimum atomic E-state index is -0.468. The number of rotatable bonds is 10. The molecule has 0 amide bonds. The van der Waals surface area contributed by atoms with Gasteiger partial charge in [-0.2, -0.15) is 0 Å². The molecule has 0 aromatic heterocycles. The molecule has 0 heterocycles. The molecule has 46 heavy (non-hydrogen) atoms. The quantitative estimate of drug-likeness (QED) is 0.244. The maximum atomic E-state index is 4.27. The highest BCUT2D eigenvalue weighted by atomic mass is 14.9. The summed E-state index contributed by atoms with van der Waals surface area (Å²) >= 11 is 0. The van der Waals surface area contributed by atoms with Crippen molar-refractivity contribution >= 4 is 5.57 Å². The lowest BCUT2D eigenvalue weighted by Gasteiger charge is -2.38. The highest BCUT2D eigenvalue weighted by Crippen LogP contribution is 2.41. The predicted molar refractivity (Wildman–Crippen MR) is 198 cm³/mol. The number of nitrogens with one attached hydrogen (secondary N) is 1. The van der Waals surface area contributed by atoms with Crippen LogP contribution in [0.15, 0.2) is 168 Å². The molecular formula is C45H47N. The molecule has 0 bridgehead atoms. The second-order valence-corrected chi connectivity index (χ2v) is 13.0. The summed E-state index contributed by atoms with van der Waals surface area (Å²) in [5.41, 5.74) is 14.0. The van der Waals surface area contributed by atoms with Crippen molar-refractivity contribution in [2.24, 2.45) is 5.92 Å². The summed E-state index contributed by atoms with van der Waals surface area (Å²) in [7, 11) is 2.10. The molecule has 232 valence electrons. The summed E-state index contributed by atoms with van der Waals surface area (Å²) < 4.78 is 0. The maximum absolute atomic E-state index is 4.27. The maximum Gasteiger partial charge on any atom is 0.0942 e. The van der Waals surface area contributed by atoms with Crippen LogP contribution in [0.1, 0.15) is 69.1 Å². The molecule has 0 radical (unpaired) electrons. The first kappa shape index (κ1) is 31.5. The van der Waals surface area contributed by atoms with Crippen molar-refractivity contribution in [1.29, 1.82) is 0 Å². The highest BCUT2D eigenvalue weighted by Gasteiger charge is 2.36. The van der Waals surface area contributed by atoms with Gasteiger partial charge >= 0.3 is 0 Å². The van der Waals surface area contributed by atoms with Crippen molar-refractivity contribution in [2.75, 3.05) is 7.05 Å². The Balaban J connectivity index is 1.26. The Morgan fingerprint density at radius 1 is 0.848 bits per heavy atom. The van der Waals surface area contributed by atoms with Gasteiger partial charge in [0.25, 0.3) is 0 Å². The van der Waals surface area contributed by atoms with Gasteiger partial charge in [0.1, 0.15) is 0 Å². The predicted octanol–water partition coefficient (Wildman–Crippen LogP) is 11.6. The fourth-order valence-corrected chi connectivity index (χ4v) is 7.28. The van der Waals surface area contributed by atoms with E-state index in [2.05, 4.69) is 166 Å². The van der Waals surface area contributed by atoms with Gasteiger partial charge < -0.3 is 5.32 Å². The summed E-state index contributed by atoms with van der Waals surface area (Å²) in [6, 6.07) is 28.9. The smallest absolute Gasteiger partial charge is 0.0942 e. The van der Waals surface area contributed by atoms with Gasteiger partial charge in [0.15, 0.2) is 0 Å². The molecule has 2 atom stereocenters. The van der Waals surface area contributed by atoms with Gasteiger partial charge in [-0.05, 0) is 114 Å². The third-order valence-corrected chi connectivity index (χ3v) is 9.98. The Labute approximate surface area is 276 Å². The molecule has 1 N–H and O–H groups in total. The average Bonchev–Trinajstić information content (AvgIpc) is 3.65. The number of allylic oxidation sites excluding steroid dienone is 13. The van der Waals surface area contributed by atoms with Gasteiger partial charge in [-0.3, -0.25) is 0 Å². The molecule has 3 aliphatic carbocycles. The third-order valence-electron chi connectivity index (χ3n) is 9.98. The van der Waals surface area contributed by atoms with Crippen molar-refractivity contribution in [3.8, 4) is 11.1 Å². The zero-order valence-corrected chi connectivity index (χ0v) is 27.7. The van der Waals surface area contributed by atoms with E-state index in [-0.39, 0.29) is 0 Å². The lowest BCUT2D eigenvalue weighted by Crippen LogP contribution is -2.43. The van der Waals surface area contributed by atoms with Crippen molar-refractivity contribution in [2.45, 2.75) is 57.9 Å². The van der Waals surface area contributed by atoms with Crippen molar-refractivity contribution < 1.29 is 0 Å². The molecule has 3 aromatic carbocycles. The van der Waals surface area contributed by atoms with E-state index in [0.29, 0.717) is 5.92 Å². The second kappa shape index (κ2) is 14.3. The lowest BCUT2D eigenvalue weighted by atomic mass is 9.74.